The molecule has 0 aromatic heterocycles. The molecule has 1 fully saturated rings. The molecule has 0 spiro atoms. The fourth-order valence-electron chi connectivity index (χ4n) is 2.32. The van der Waals surface area contributed by atoms with E-state index >= 15 is 0 Å². The second-order valence-electron chi connectivity index (χ2n) is 4.45. The average molecular weight is 362 g/mol. The summed E-state index contributed by atoms with van der Waals surface area (Å²) in [5, 5.41) is 11.0. The maximum absolute atomic E-state index is 11.0. The van der Waals surface area contributed by atoms with Gasteiger partial charge >= 0.3 is 5.69 Å². The van der Waals surface area contributed by atoms with Crippen LogP contribution in [0.2, 0.25) is 0 Å². The van der Waals surface area contributed by atoms with Crippen LogP contribution in [0.1, 0.15) is 19.3 Å². The zero-order valence-corrected chi connectivity index (χ0v) is 12.0. The Balaban J connectivity index is 2.20. The summed E-state index contributed by atoms with van der Waals surface area (Å²) in [7, 11) is 0. The maximum atomic E-state index is 11.0. The van der Waals surface area contributed by atoms with Crippen molar-refractivity contribution in [2.45, 2.75) is 25.4 Å². The van der Waals surface area contributed by atoms with Crippen LogP contribution in [0.5, 0.6) is 5.75 Å². The van der Waals surface area contributed by atoms with Gasteiger partial charge in [0.15, 0.2) is 5.75 Å². The number of rotatable bonds is 4. The van der Waals surface area contributed by atoms with Gasteiger partial charge in [0.25, 0.3) is 0 Å². The van der Waals surface area contributed by atoms with Crippen molar-refractivity contribution < 1.29 is 9.66 Å². The number of nitrogens with zero attached hydrogens (tertiary/aromatic N) is 1. The molecule has 0 aliphatic heterocycles. The van der Waals surface area contributed by atoms with Crippen LogP contribution in [0.15, 0.2) is 18.2 Å². The maximum Gasteiger partial charge on any atom is 0.311 e. The van der Waals surface area contributed by atoms with Gasteiger partial charge in [0, 0.05) is 15.6 Å². The Labute approximate surface area is 119 Å². The summed E-state index contributed by atoms with van der Waals surface area (Å²) >= 11 is 2.05. The number of nitrogens with two attached hydrogens (primary N) is 1. The molecule has 1 aliphatic carbocycles. The molecule has 5 nitrogen and oxygen atoms in total. The summed E-state index contributed by atoms with van der Waals surface area (Å²) in [5.74, 6) is 0.662. The van der Waals surface area contributed by atoms with Crippen molar-refractivity contribution in [2.75, 3.05) is 6.54 Å². The molecule has 2 N–H and O–H groups in total. The van der Waals surface area contributed by atoms with E-state index in [4.69, 9.17) is 10.5 Å². The Morgan fingerprint density at radius 1 is 1.50 bits per heavy atom. The summed E-state index contributed by atoms with van der Waals surface area (Å²) in [6, 6.07) is 5.02. The molecule has 1 aliphatic rings. The van der Waals surface area contributed by atoms with E-state index in [2.05, 4.69) is 22.6 Å². The molecule has 0 heterocycles. The van der Waals surface area contributed by atoms with Crippen molar-refractivity contribution in [1.29, 1.82) is 0 Å². The predicted octanol–water partition coefficient (Wildman–Crippen LogP) is 2.71. The molecular weight excluding hydrogens is 347 g/mol. The van der Waals surface area contributed by atoms with Crippen molar-refractivity contribution in [3.05, 3.63) is 31.9 Å². The summed E-state index contributed by atoms with van der Waals surface area (Å²) in [5.41, 5.74) is 5.72. The van der Waals surface area contributed by atoms with Crippen LogP contribution in [-0.2, 0) is 0 Å². The highest BCUT2D eigenvalue weighted by Gasteiger charge is 2.29. The van der Waals surface area contributed by atoms with E-state index in [9.17, 15) is 10.1 Å². The lowest BCUT2D eigenvalue weighted by molar-refractivity contribution is -0.386. The smallest absolute Gasteiger partial charge is 0.311 e. The molecule has 1 aromatic rings. The topological polar surface area (TPSA) is 78.4 Å². The van der Waals surface area contributed by atoms with Crippen LogP contribution < -0.4 is 10.5 Å². The molecule has 0 radical (unpaired) electrons. The summed E-state index contributed by atoms with van der Waals surface area (Å²) in [4.78, 5) is 10.6. The van der Waals surface area contributed by atoms with Crippen molar-refractivity contribution in [3.63, 3.8) is 0 Å². The number of halogens is 1. The lowest BCUT2D eigenvalue weighted by Crippen LogP contribution is -2.27. The number of hydrogen-bond donors (Lipinski definition) is 1. The van der Waals surface area contributed by atoms with Crippen molar-refractivity contribution >= 4 is 28.3 Å². The molecule has 98 valence electrons. The minimum absolute atomic E-state index is 0.00811. The molecule has 2 rings (SSSR count). The Kier molecular flexibility index (Phi) is 4.39. The Hall–Kier alpha value is -0.890. The molecule has 0 saturated heterocycles. The van der Waals surface area contributed by atoms with E-state index in [1.54, 1.807) is 6.07 Å². The molecular formula is C12H15IN2O3. The minimum atomic E-state index is -0.399. The highest BCUT2D eigenvalue weighted by atomic mass is 127. The Morgan fingerprint density at radius 3 is 2.94 bits per heavy atom. The highest BCUT2D eigenvalue weighted by molar-refractivity contribution is 14.1. The summed E-state index contributed by atoms with van der Waals surface area (Å²) in [6.07, 6.45) is 3.04. The molecule has 1 aromatic carbocycles. The largest absolute Gasteiger partial charge is 0.483 e. The number of hydrogen-bond acceptors (Lipinski definition) is 4. The first-order valence-electron chi connectivity index (χ1n) is 5.92. The third-order valence-corrected chi connectivity index (χ3v) is 3.96. The van der Waals surface area contributed by atoms with E-state index in [1.165, 1.54) is 6.07 Å². The van der Waals surface area contributed by atoms with Crippen molar-refractivity contribution in [2.24, 2.45) is 11.7 Å². The SMILES string of the molecule is NC[C@@H]1CCC[C@H]1Oc1ccc(I)cc1[N+](=O)[O-]. The number of ether oxygens (including phenoxy) is 1. The Bertz CT molecular complexity index is 453. The van der Waals surface area contributed by atoms with Crippen molar-refractivity contribution in [1.82, 2.24) is 0 Å². The van der Waals surface area contributed by atoms with Gasteiger partial charge in [0.1, 0.15) is 6.10 Å². The zero-order chi connectivity index (χ0) is 13.1. The average Bonchev–Trinajstić information content (AvgIpc) is 2.78. The molecule has 6 heteroatoms. The molecule has 18 heavy (non-hydrogen) atoms. The van der Waals surface area contributed by atoms with E-state index in [0.29, 0.717) is 18.2 Å². The van der Waals surface area contributed by atoms with E-state index in [0.717, 1.165) is 22.8 Å². The van der Waals surface area contributed by atoms with Crippen LogP contribution in [0.25, 0.3) is 0 Å². The Morgan fingerprint density at radius 2 is 2.28 bits per heavy atom. The number of nitro groups is 1. The van der Waals surface area contributed by atoms with Crippen molar-refractivity contribution in [3.8, 4) is 5.75 Å². The van der Waals surface area contributed by atoms with Crippen LogP contribution in [-0.4, -0.2) is 17.6 Å². The van der Waals surface area contributed by atoms with Gasteiger partial charge in [-0.25, -0.2) is 0 Å². The molecule has 1 saturated carbocycles. The van der Waals surface area contributed by atoms with Crippen LogP contribution in [0.3, 0.4) is 0 Å². The predicted molar refractivity (Wildman–Crippen MR) is 76.6 cm³/mol. The van der Waals surface area contributed by atoms with E-state index < -0.39 is 4.92 Å². The van der Waals surface area contributed by atoms with Gasteiger partial charge < -0.3 is 10.5 Å². The van der Waals surface area contributed by atoms with Gasteiger partial charge in [-0.2, -0.15) is 0 Å². The van der Waals surface area contributed by atoms with Crippen LogP contribution >= 0.6 is 22.6 Å². The van der Waals surface area contributed by atoms with Gasteiger partial charge in [-0.15, -0.1) is 0 Å². The lowest BCUT2D eigenvalue weighted by Gasteiger charge is -2.19. The lowest BCUT2D eigenvalue weighted by atomic mass is 10.1. The van der Waals surface area contributed by atoms with E-state index in [1.807, 2.05) is 6.07 Å². The normalized spacial score (nSPS) is 23.0. The number of nitro benzene ring substituents is 1. The van der Waals surface area contributed by atoms with Gasteiger partial charge in [-0.1, -0.05) is 0 Å². The zero-order valence-electron chi connectivity index (χ0n) is 9.84. The van der Waals surface area contributed by atoms with Crippen LogP contribution in [0.4, 0.5) is 5.69 Å². The fraction of sp³-hybridized carbons (Fsp3) is 0.500. The molecule has 2 atom stereocenters. The first-order valence-corrected chi connectivity index (χ1v) is 7.00. The van der Waals surface area contributed by atoms with Gasteiger partial charge in [0.2, 0.25) is 0 Å². The first-order chi connectivity index (χ1) is 8.61. The van der Waals surface area contributed by atoms with Gasteiger partial charge in [-0.05, 0) is 60.5 Å². The molecule has 0 amide bonds. The monoisotopic (exact) mass is 362 g/mol. The van der Waals surface area contributed by atoms with Crippen LogP contribution in [0, 0.1) is 19.6 Å². The fourth-order valence-corrected chi connectivity index (χ4v) is 2.80. The summed E-state index contributed by atoms with van der Waals surface area (Å²) in [6.45, 7) is 0.572. The summed E-state index contributed by atoms with van der Waals surface area (Å²) < 4.78 is 6.63. The third-order valence-electron chi connectivity index (χ3n) is 3.29. The van der Waals surface area contributed by atoms with Gasteiger partial charge in [-0.3, -0.25) is 10.1 Å². The molecule has 0 bridgehead atoms. The first kappa shape index (κ1) is 13.5. The van der Waals surface area contributed by atoms with Gasteiger partial charge in [0.05, 0.1) is 4.92 Å². The molecule has 0 unspecified atom stereocenters. The quantitative estimate of drug-likeness (QED) is 0.508. The highest BCUT2D eigenvalue weighted by Crippen LogP contribution is 2.34. The van der Waals surface area contributed by atoms with E-state index in [-0.39, 0.29) is 11.8 Å². The standard InChI is InChI=1S/C12H15IN2O3/c13-9-4-5-12(10(6-9)15(16)17)18-11-3-1-2-8(11)7-14/h4-6,8,11H,1-3,7,14H2/t8-,11+/m0/s1. The second kappa shape index (κ2) is 5.83. The minimum Gasteiger partial charge on any atom is -0.483 e. The second-order valence-corrected chi connectivity index (χ2v) is 5.70. The number of benzene rings is 1. The third kappa shape index (κ3) is 2.92.